The summed E-state index contributed by atoms with van der Waals surface area (Å²) in [4.78, 5) is 15.4. The molecule has 0 aliphatic carbocycles. The number of aromatic hydroxyl groups is 1. The second-order valence-corrected chi connectivity index (χ2v) is 5.30. The van der Waals surface area contributed by atoms with E-state index in [9.17, 15) is 18.7 Å². The lowest BCUT2D eigenvalue weighted by Crippen LogP contribution is -2.11. The number of nitrogens with one attached hydrogen (secondary N) is 1. The number of anilines is 1. The lowest BCUT2D eigenvalue weighted by Gasteiger charge is -2.03. The molecule has 0 unspecified atom stereocenters. The van der Waals surface area contributed by atoms with Crippen LogP contribution >= 0.6 is 27.3 Å². The molecule has 1 heterocycles. The smallest absolute Gasteiger partial charge is 0.281 e. The van der Waals surface area contributed by atoms with E-state index in [-0.39, 0.29) is 22.1 Å². The minimum Gasteiger partial charge on any atom is -0.508 e. The third-order valence-corrected chi connectivity index (χ3v) is 3.34. The summed E-state index contributed by atoms with van der Waals surface area (Å²) in [7, 11) is 0. The highest BCUT2D eigenvalue weighted by molar-refractivity contribution is 9.10. The molecule has 0 radical (unpaired) electrons. The average Bonchev–Trinajstić information content (AvgIpc) is 2.76. The minimum absolute atomic E-state index is 0.0769. The standard InChI is InChI=1S/C11H7BrF2N2O2S/c12-6-1-5(2-7(17)3-6)10(18)16-11-15-8(4-19-11)9(13)14/h1-4,9,17H,(H,15,16,18). The van der Waals surface area contributed by atoms with Crippen molar-refractivity contribution in [2.45, 2.75) is 6.43 Å². The summed E-state index contributed by atoms with van der Waals surface area (Å²) < 4.78 is 25.2. The van der Waals surface area contributed by atoms with Gasteiger partial charge in [0.05, 0.1) is 0 Å². The zero-order valence-corrected chi connectivity index (χ0v) is 11.6. The molecule has 0 bridgehead atoms. The Morgan fingerprint density at radius 1 is 1.42 bits per heavy atom. The predicted octanol–water partition coefficient (Wildman–Crippen LogP) is 3.80. The maximum absolute atomic E-state index is 12.3. The Balaban J connectivity index is 2.15. The fourth-order valence-electron chi connectivity index (χ4n) is 1.32. The number of amides is 1. The molecule has 2 rings (SSSR count). The third-order valence-electron chi connectivity index (χ3n) is 2.11. The molecule has 1 amide bonds. The number of thiazole rings is 1. The van der Waals surface area contributed by atoms with Crippen molar-refractivity contribution in [3.63, 3.8) is 0 Å². The second kappa shape index (κ2) is 5.62. The van der Waals surface area contributed by atoms with Gasteiger partial charge in [-0.25, -0.2) is 13.8 Å². The highest BCUT2D eigenvalue weighted by Crippen LogP contribution is 2.25. The number of benzene rings is 1. The molecular weight excluding hydrogens is 342 g/mol. The number of rotatable bonds is 3. The summed E-state index contributed by atoms with van der Waals surface area (Å²) in [6, 6.07) is 4.19. The Bertz CT molecular complexity index is 598. The molecular formula is C11H7BrF2N2O2S. The zero-order chi connectivity index (χ0) is 14.0. The van der Waals surface area contributed by atoms with Gasteiger partial charge in [-0.1, -0.05) is 15.9 Å². The largest absolute Gasteiger partial charge is 0.508 e. The Kier molecular flexibility index (Phi) is 4.11. The fraction of sp³-hybridized carbons (Fsp3) is 0.0909. The number of aromatic nitrogens is 1. The van der Waals surface area contributed by atoms with Crippen LogP contribution in [0.3, 0.4) is 0 Å². The van der Waals surface area contributed by atoms with Gasteiger partial charge >= 0.3 is 0 Å². The number of hydrogen-bond donors (Lipinski definition) is 2. The second-order valence-electron chi connectivity index (χ2n) is 3.53. The Morgan fingerprint density at radius 3 is 2.74 bits per heavy atom. The van der Waals surface area contributed by atoms with Crippen molar-refractivity contribution in [1.29, 1.82) is 0 Å². The first-order valence-electron chi connectivity index (χ1n) is 5.00. The van der Waals surface area contributed by atoms with E-state index in [4.69, 9.17) is 0 Å². The molecule has 0 aliphatic heterocycles. The zero-order valence-electron chi connectivity index (χ0n) is 9.23. The molecule has 19 heavy (non-hydrogen) atoms. The number of carbonyl (C=O) groups excluding carboxylic acids is 1. The van der Waals surface area contributed by atoms with Crippen LogP contribution in [0.15, 0.2) is 28.1 Å². The first-order valence-corrected chi connectivity index (χ1v) is 6.67. The highest BCUT2D eigenvalue weighted by atomic mass is 79.9. The van der Waals surface area contributed by atoms with E-state index >= 15 is 0 Å². The molecule has 0 atom stereocenters. The van der Waals surface area contributed by atoms with Crippen LogP contribution in [0.5, 0.6) is 5.75 Å². The van der Waals surface area contributed by atoms with Gasteiger partial charge in [0.2, 0.25) is 0 Å². The Hall–Kier alpha value is -1.54. The van der Waals surface area contributed by atoms with Gasteiger partial charge in [0.15, 0.2) is 5.13 Å². The van der Waals surface area contributed by atoms with Crippen molar-refractivity contribution in [1.82, 2.24) is 4.98 Å². The predicted molar refractivity (Wildman–Crippen MR) is 70.8 cm³/mol. The van der Waals surface area contributed by atoms with E-state index in [0.717, 1.165) is 11.3 Å². The molecule has 2 N–H and O–H groups in total. The molecule has 0 saturated carbocycles. The van der Waals surface area contributed by atoms with Gasteiger partial charge in [-0.2, -0.15) is 0 Å². The first-order chi connectivity index (χ1) is 8.95. The van der Waals surface area contributed by atoms with Crippen molar-refractivity contribution in [3.05, 3.63) is 39.3 Å². The summed E-state index contributed by atoms with van der Waals surface area (Å²) >= 11 is 4.05. The fourth-order valence-corrected chi connectivity index (χ4v) is 2.50. The van der Waals surface area contributed by atoms with E-state index in [1.54, 1.807) is 0 Å². The van der Waals surface area contributed by atoms with Gasteiger partial charge in [0.1, 0.15) is 11.4 Å². The lowest BCUT2D eigenvalue weighted by atomic mass is 10.2. The topological polar surface area (TPSA) is 62.2 Å². The number of nitrogens with zero attached hydrogens (tertiary/aromatic N) is 1. The van der Waals surface area contributed by atoms with E-state index < -0.39 is 12.3 Å². The van der Waals surface area contributed by atoms with Crippen molar-refractivity contribution < 1.29 is 18.7 Å². The van der Waals surface area contributed by atoms with Gasteiger partial charge in [0, 0.05) is 15.4 Å². The van der Waals surface area contributed by atoms with E-state index in [1.165, 1.54) is 23.6 Å². The molecule has 0 fully saturated rings. The van der Waals surface area contributed by atoms with Gasteiger partial charge < -0.3 is 5.11 Å². The molecule has 100 valence electrons. The minimum atomic E-state index is -2.67. The average molecular weight is 349 g/mol. The number of alkyl halides is 2. The van der Waals surface area contributed by atoms with Crippen LogP contribution in [0.25, 0.3) is 0 Å². The summed E-state index contributed by atoms with van der Waals surface area (Å²) in [5.74, 6) is -0.612. The quantitative estimate of drug-likeness (QED) is 0.886. The van der Waals surface area contributed by atoms with Crippen LogP contribution in [0.4, 0.5) is 13.9 Å². The molecule has 0 saturated heterocycles. The summed E-state index contributed by atoms with van der Waals surface area (Å²) in [6.45, 7) is 0. The number of halogens is 3. The monoisotopic (exact) mass is 348 g/mol. The molecule has 4 nitrogen and oxygen atoms in total. The summed E-state index contributed by atoms with van der Waals surface area (Å²) in [5.41, 5.74) is -0.182. The molecule has 2 aromatic rings. The van der Waals surface area contributed by atoms with Gasteiger partial charge in [-0.3, -0.25) is 10.1 Å². The van der Waals surface area contributed by atoms with E-state index in [0.29, 0.717) is 4.47 Å². The SMILES string of the molecule is O=C(Nc1nc(C(F)F)cs1)c1cc(O)cc(Br)c1. The number of phenolic OH excluding ortho intramolecular Hbond substituents is 1. The van der Waals surface area contributed by atoms with Crippen LogP contribution in [0.2, 0.25) is 0 Å². The number of hydrogen-bond acceptors (Lipinski definition) is 4. The van der Waals surface area contributed by atoms with Crippen LogP contribution in [-0.4, -0.2) is 16.0 Å². The maximum atomic E-state index is 12.3. The van der Waals surface area contributed by atoms with Gasteiger partial charge in [0.25, 0.3) is 12.3 Å². The summed E-state index contributed by atoms with van der Waals surface area (Å²) in [5, 5.41) is 13.0. The lowest BCUT2D eigenvalue weighted by molar-refractivity contribution is 0.102. The van der Waals surface area contributed by atoms with Crippen LogP contribution < -0.4 is 5.32 Å². The number of phenols is 1. The van der Waals surface area contributed by atoms with E-state index in [2.05, 4.69) is 26.2 Å². The van der Waals surface area contributed by atoms with Crippen molar-refractivity contribution in [3.8, 4) is 5.75 Å². The van der Waals surface area contributed by atoms with Crippen LogP contribution in [0, 0.1) is 0 Å². The first kappa shape index (κ1) is 13.9. The normalized spacial score (nSPS) is 10.7. The molecule has 0 spiro atoms. The third kappa shape index (κ3) is 3.48. The van der Waals surface area contributed by atoms with Crippen LogP contribution in [0.1, 0.15) is 22.5 Å². The Morgan fingerprint density at radius 2 is 2.16 bits per heavy atom. The molecule has 0 aliphatic rings. The van der Waals surface area contributed by atoms with Crippen molar-refractivity contribution in [2.75, 3.05) is 5.32 Å². The van der Waals surface area contributed by atoms with Crippen LogP contribution in [-0.2, 0) is 0 Å². The Labute approximate surface area is 119 Å². The van der Waals surface area contributed by atoms with Crippen molar-refractivity contribution in [2.24, 2.45) is 0 Å². The van der Waals surface area contributed by atoms with E-state index in [1.807, 2.05) is 0 Å². The highest BCUT2D eigenvalue weighted by Gasteiger charge is 2.14. The van der Waals surface area contributed by atoms with Crippen molar-refractivity contribution >= 4 is 38.3 Å². The number of carbonyl (C=O) groups is 1. The molecule has 1 aromatic carbocycles. The van der Waals surface area contributed by atoms with Gasteiger partial charge in [-0.15, -0.1) is 11.3 Å². The molecule has 8 heteroatoms. The van der Waals surface area contributed by atoms with Gasteiger partial charge in [-0.05, 0) is 18.2 Å². The summed E-state index contributed by atoms with van der Waals surface area (Å²) in [6.07, 6.45) is -2.67. The molecule has 1 aromatic heterocycles. The maximum Gasteiger partial charge on any atom is 0.281 e.